The summed E-state index contributed by atoms with van der Waals surface area (Å²) in [6, 6.07) is 5.25. The number of rotatable bonds is 4. The van der Waals surface area contributed by atoms with E-state index >= 15 is 0 Å². The van der Waals surface area contributed by atoms with Crippen molar-refractivity contribution >= 4 is 17.9 Å². The topological polar surface area (TPSA) is 26.3 Å². The normalized spacial score (nSPS) is 15.2. The lowest BCUT2D eigenvalue weighted by Gasteiger charge is -2.08. The van der Waals surface area contributed by atoms with Crippen molar-refractivity contribution in [2.45, 2.75) is 12.8 Å². The average Bonchev–Trinajstić information content (AvgIpc) is 2.98. The molecule has 0 atom stereocenters. The van der Waals surface area contributed by atoms with E-state index in [0.29, 0.717) is 28.9 Å². The van der Waals surface area contributed by atoms with E-state index in [0.717, 1.165) is 6.29 Å². The van der Waals surface area contributed by atoms with E-state index in [4.69, 9.17) is 16.3 Å². The molecule has 3 heteroatoms. The molecule has 1 fully saturated rings. The van der Waals surface area contributed by atoms with Gasteiger partial charge in [0.15, 0.2) is 6.29 Å². The van der Waals surface area contributed by atoms with Crippen LogP contribution >= 0.6 is 11.6 Å². The van der Waals surface area contributed by atoms with Gasteiger partial charge in [-0.15, -0.1) is 0 Å². The first-order valence-electron chi connectivity index (χ1n) is 4.67. The van der Waals surface area contributed by atoms with E-state index in [2.05, 4.69) is 0 Å². The molecular formula is C11H11ClO2. The van der Waals surface area contributed by atoms with Crippen LogP contribution in [0.15, 0.2) is 18.2 Å². The maximum atomic E-state index is 10.7. The second-order valence-corrected chi connectivity index (χ2v) is 3.93. The van der Waals surface area contributed by atoms with Crippen LogP contribution in [0.4, 0.5) is 0 Å². The molecule has 74 valence electrons. The fraction of sp³-hybridized carbons (Fsp3) is 0.364. The summed E-state index contributed by atoms with van der Waals surface area (Å²) in [5, 5.41) is 0.452. The molecule has 0 aromatic heterocycles. The van der Waals surface area contributed by atoms with E-state index in [-0.39, 0.29) is 0 Å². The predicted molar refractivity (Wildman–Crippen MR) is 55.1 cm³/mol. The minimum atomic E-state index is 0.452. The molecule has 0 N–H and O–H groups in total. The highest BCUT2D eigenvalue weighted by Gasteiger charge is 2.22. The Morgan fingerprint density at radius 3 is 2.93 bits per heavy atom. The summed E-state index contributed by atoms with van der Waals surface area (Å²) < 4.78 is 5.52. The number of carbonyl (C=O) groups excluding carboxylic acids is 1. The molecule has 1 aliphatic rings. The van der Waals surface area contributed by atoms with Crippen molar-refractivity contribution in [3.05, 3.63) is 28.8 Å². The second kappa shape index (κ2) is 4.01. The zero-order valence-electron chi connectivity index (χ0n) is 7.70. The number of halogens is 1. The molecule has 1 aromatic rings. The Labute approximate surface area is 87.8 Å². The summed E-state index contributed by atoms with van der Waals surface area (Å²) in [7, 11) is 0. The zero-order valence-corrected chi connectivity index (χ0v) is 8.46. The Bertz CT molecular complexity index is 345. The van der Waals surface area contributed by atoms with Gasteiger partial charge in [0.2, 0.25) is 0 Å². The molecule has 0 heterocycles. The molecule has 0 amide bonds. The van der Waals surface area contributed by atoms with Crippen LogP contribution in [0.1, 0.15) is 23.2 Å². The third-order valence-corrected chi connectivity index (χ3v) is 2.63. The van der Waals surface area contributed by atoms with E-state index in [1.54, 1.807) is 18.2 Å². The summed E-state index contributed by atoms with van der Waals surface area (Å²) >= 11 is 5.85. The van der Waals surface area contributed by atoms with Gasteiger partial charge in [-0.2, -0.15) is 0 Å². The maximum absolute atomic E-state index is 10.7. The molecule has 14 heavy (non-hydrogen) atoms. The predicted octanol–water partition coefficient (Wildman–Crippen LogP) is 2.94. The molecular weight excluding hydrogens is 200 g/mol. The number of hydrogen-bond acceptors (Lipinski definition) is 2. The quantitative estimate of drug-likeness (QED) is 0.715. The minimum absolute atomic E-state index is 0.452. The number of benzene rings is 1. The van der Waals surface area contributed by atoms with Crippen LogP contribution in [0.2, 0.25) is 5.02 Å². The Morgan fingerprint density at radius 2 is 2.29 bits per heavy atom. The highest BCUT2D eigenvalue weighted by atomic mass is 35.5. The Morgan fingerprint density at radius 1 is 1.50 bits per heavy atom. The largest absolute Gasteiger partial charge is 0.492 e. The highest BCUT2D eigenvalue weighted by molar-refractivity contribution is 6.33. The molecule has 1 saturated carbocycles. The van der Waals surface area contributed by atoms with Gasteiger partial charge < -0.3 is 4.74 Å². The number of aldehydes is 1. The van der Waals surface area contributed by atoms with Gasteiger partial charge in [-0.05, 0) is 30.9 Å². The van der Waals surface area contributed by atoms with Crippen LogP contribution in [-0.2, 0) is 0 Å². The van der Waals surface area contributed by atoms with Gasteiger partial charge in [0.1, 0.15) is 5.75 Å². The summed E-state index contributed by atoms with van der Waals surface area (Å²) in [4.78, 5) is 10.7. The van der Waals surface area contributed by atoms with Crippen LogP contribution in [0.25, 0.3) is 0 Å². The smallest absolute Gasteiger partial charge is 0.155 e. The van der Waals surface area contributed by atoms with Crippen molar-refractivity contribution in [1.29, 1.82) is 0 Å². The first-order valence-corrected chi connectivity index (χ1v) is 5.05. The van der Waals surface area contributed by atoms with E-state index < -0.39 is 0 Å². The van der Waals surface area contributed by atoms with Crippen LogP contribution < -0.4 is 4.74 Å². The number of hydrogen-bond donors (Lipinski definition) is 0. The van der Waals surface area contributed by atoms with Gasteiger partial charge in [-0.1, -0.05) is 17.7 Å². The van der Waals surface area contributed by atoms with E-state index in [1.165, 1.54) is 12.8 Å². The lowest BCUT2D eigenvalue weighted by Crippen LogP contribution is -2.01. The second-order valence-electron chi connectivity index (χ2n) is 3.52. The summed E-state index contributed by atoms with van der Waals surface area (Å²) in [6.45, 7) is 0.696. The molecule has 0 unspecified atom stereocenters. The maximum Gasteiger partial charge on any atom is 0.155 e. The van der Waals surface area contributed by atoms with Gasteiger partial charge in [0.05, 0.1) is 17.2 Å². The molecule has 0 aliphatic heterocycles. The lowest BCUT2D eigenvalue weighted by atomic mass is 10.2. The Kier molecular flexibility index (Phi) is 2.73. The van der Waals surface area contributed by atoms with E-state index in [1.807, 2.05) is 0 Å². The zero-order chi connectivity index (χ0) is 9.97. The van der Waals surface area contributed by atoms with Crippen molar-refractivity contribution in [2.75, 3.05) is 6.61 Å². The van der Waals surface area contributed by atoms with Gasteiger partial charge in [0.25, 0.3) is 0 Å². The van der Waals surface area contributed by atoms with Crippen LogP contribution in [0.3, 0.4) is 0 Å². The summed E-state index contributed by atoms with van der Waals surface area (Å²) in [5.74, 6) is 1.27. The molecule has 0 spiro atoms. The summed E-state index contributed by atoms with van der Waals surface area (Å²) in [5.41, 5.74) is 0.454. The molecule has 2 rings (SSSR count). The fourth-order valence-electron chi connectivity index (χ4n) is 1.25. The van der Waals surface area contributed by atoms with Gasteiger partial charge in [0, 0.05) is 0 Å². The minimum Gasteiger partial charge on any atom is -0.492 e. The van der Waals surface area contributed by atoms with Gasteiger partial charge in [-0.25, -0.2) is 0 Å². The molecule has 0 saturated heterocycles. The van der Waals surface area contributed by atoms with E-state index in [9.17, 15) is 4.79 Å². The van der Waals surface area contributed by atoms with Gasteiger partial charge >= 0.3 is 0 Å². The molecule has 1 aromatic carbocycles. The van der Waals surface area contributed by atoms with Crippen molar-refractivity contribution < 1.29 is 9.53 Å². The third kappa shape index (κ3) is 2.07. The first-order chi connectivity index (χ1) is 6.81. The molecule has 1 aliphatic carbocycles. The van der Waals surface area contributed by atoms with Crippen molar-refractivity contribution in [2.24, 2.45) is 5.92 Å². The highest BCUT2D eigenvalue weighted by Crippen LogP contribution is 2.31. The van der Waals surface area contributed by atoms with Crippen LogP contribution in [0, 0.1) is 5.92 Å². The monoisotopic (exact) mass is 210 g/mol. The Hall–Kier alpha value is -1.02. The fourth-order valence-corrected chi connectivity index (χ4v) is 1.46. The van der Waals surface area contributed by atoms with Crippen LogP contribution in [-0.4, -0.2) is 12.9 Å². The van der Waals surface area contributed by atoms with Crippen molar-refractivity contribution in [3.63, 3.8) is 0 Å². The standard InChI is InChI=1S/C11H11ClO2/c12-10-2-1-3-11(9(10)6-13)14-7-8-4-5-8/h1-3,6,8H,4-5,7H2. The molecule has 0 bridgehead atoms. The third-order valence-electron chi connectivity index (χ3n) is 2.30. The lowest BCUT2D eigenvalue weighted by molar-refractivity contribution is 0.111. The van der Waals surface area contributed by atoms with Crippen LogP contribution in [0.5, 0.6) is 5.75 Å². The molecule has 0 radical (unpaired) electrons. The summed E-state index contributed by atoms with van der Waals surface area (Å²) in [6.07, 6.45) is 3.21. The van der Waals surface area contributed by atoms with Crippen molar-refractivity contribution in [1.82, 2.24) is 0 Å². The number of carbonyl (C=O) groups is 1. The SMILES string of the molecule is O=Cc1c(Cl)cccc1OCC1CC1. The average molecular weight is 211 g/mol. The molecule has 2 nitrogen and oxygen atoms in total. The van der Waals surface area contributed by atoms with Crippen molar-refractivity contribution in [3.8, 4) is 5.75 Å². The Balaban J connectivity index is 2.13. The van der Waals surface area contributed by atoms with Gasteiger partial charge in [-0.3, -0.25) is 4.79 Å². The first kappa shape index (κ1) is 9.53. The number of ether oxygens (including phenoxy) is 1.